The maximum Gasteiger partial charge on any atom is 0.387 e. The van der Waals surface area contributed by atoms with E-state index in [1.165, 1.54) is 6.07 Å². The van der Waals surface area contributed by atoms with Crippen molar-refractivity contribution in [3.8, 4) is 5.75 Å². The Morgan fingerprint density at radius 1 is 1.18 bits per heavy atom. The van der Waals surface area contributed by atoms with Crippen LogP contribution in [0.3, 0.4) is 0 Å². The molecule has 0 bridgehead atoms. The molecule has 0 heterocycles. The van der Waals surface area contributed by atoms with Crippen LogP contribution < -0.4 is 10.1 Å². The Morgan fingerprint density at radius 2 is 1.95 bits per heavy atom. The van der Waals surface area contributed by atoms with Gasteiger partial charge in [0.2, 0.25) is 0 Å². The summed E-state index contributed by atoms with van der Waals surface area (Å²) in [6, 6.07) is 14.2. The van der Waals surface area contributed by atoms with Crippen molar-refractivity contribution >= 4 is 16.5 Å². The van der Waals surface area contributed by atoms with Crippen LogP contribution >= 0.6 is 0 Å². The van der Waals surface area contributed by atoms with Crippen molar-refractivity contribution in [2.24, 2.45) is 0 Å². The van der Waals surface area contributed by atoms with Crippen molar-refractivity contribution in [2.45, 2.75) is 18.9 Å². The van der Waals surface area contributed by atoms with Crippen LogP contribution in [0, 0.1) is 0 Å². The Bertz CT molecular complexity index is 650. The molecule has 1 N–H and O–H groups in total. The Morgan fingerprint density at radius 3 is 2.68 bits per heavy atom. The van der Waals surface area contributed by atoms with Crippen LogP contribution in [-0.2, 0) is 23.1 Å². The van der Waals surface area contributed by atoms with Gasteiger partial charge in [-0.2, -0.15) is 8.78 Å². The summed E-state index contributed by atoms with van der Waals surface area (Å²) in [6.45, 7) is -2.48. The van der Waals surface area contributed by atoms with Gasteiger partial charge >= 0.3 is 6.61 Å². The van der Waals surface area contributed by atoms with Crippen LogP contribution in [0.5, 0.6) is 5.75 Å². The third-order valence-electron chi connectivity index (χ3n) is 2.97. The van der Waals surface area contributed by atoms with E-state index in [4.69, 9.17) is 0 Å². The number of para-hydroxylation sites is 1. The third-order valence-corrected chi connectivity index (χ3v) is 3.71. The maximum atomic E-state index is 12.4. The molecule has 6 heteroatoms. The molecule has 0 aliphatic heterocycles. The first-order chi connectivity index (χ1) is 10.5. The third kappa shape index (κ3) is 5.11. The van der Waals surface area contributed by atoms with Gasteiger partial charge in [-0.3, -0.25) is 4.21 Å². The van der Waals surface area contributed by atoms with Gasteiger partial charge in [0.1, 0.15) is 5.75 Å². The van der Waals surface area contributed by atoms with Crippen molar-refractivity contribution in [1.82, 2.24) is 0 Å². The van der Waals surface area contributed by atoms with Crippen LogP contribution in [0.4, 0.5) is 14.5 Å². The first-order valence-electron chi connectivity index (χ1n) is 6.70. The Labute approximate surface area is 130 Å². The fourth-order valence-electron chi connectivity index (χ4n) is 2.06. The van der Waals surface area contributed by atoms with E-state index in [2.05, 4.69) is 10.1 Å². The normalized spacial score (nSPS) is 12.2. The molecule has 2 aromatic carbocycles. The van der Waals surface area contributed by atoms with Gasteiger partial charge in [-0.05, 0) is 23.8 Å². The highest BCUT2D eigenvalue weighted by Gasteiger charge is 2.08. The first-order valence-corrected chi connectivity index (χ1v) is 8.43. The predicted octanol–water partition coefficient (Wildman–Crippen LogP) is 3.78. The molecule has 0 aliphatic carbocycles. The number of hydrogen-bond donors (Lipinski definition) is 1. The number of benzene rings is 2. The fourth-order valence-corrected chi connectivity index (χ4v) is 2.71. The van der Waals surface area contributed by atoms with E-state index >= 15 is 0 Å². The summed E-state index contributed by atoms with van der Waals surface area (Å²) in [6.07, 6.45) is 1.65. The van der Waals surface area contributed by atoms with Crippen LogP contribution in [0.2, 0.25) is 0 Å². The maximum absolute atomic E-state index is 12.4. The molecule has 0 aliphatic rings. The predicted molar refractivity (Wildman–Crippen MR) is 84.6 cm³/mol. The highest BCUT2D eigenvalue weighted by atomic mass is 32.2. The first kappa shape index (κ1) is 16.4. The average molecular weight is 325 g/mol. The smallest absolute Gasteiger partial charge is 0.387 e. The second kappa shape index (κ2) is 7.89. The number of ether oxygens (including phenoxy) is 1. The molecule has 2 rings (SSSR count). The van der Waals surface area contributed by atoms with Crippen molar-refractivity contribution in [3.63, 3.8) is 0 Å². The van der Waals surface area contributed by atoms with E-state index in [1.54, 1.807) is 24.5 Å². The lowest BCUT2D eigenvalue weighted by atomic mass is 10.2. The summed E-state index contributed by atoms with van der Waals surface area (Å²) >= 11 is 0. The summed E-state index contributed by atoms with van der Waals surface area (Å²) in [5, 5.41) is 3.16. The second-order valence-electron chi connectivity index (χ2n) is 4.76. The van der Waals surface area contributed by atoms with Crippen molar-refractivity contribution in [2.75, 3.05) is 11.6 Å². The van der Waals surface area contributed by atoms with Crippen LogP contribution in [0.25, 0.3) is 0 Å². The summed E-state index contributed by atoms with van der Waals surface area (Å²) in [7, 11) is -0.906. The van der Waals surface area contributed by atoms with Crippen molar-refractivity contribution in [1.29, 1.82) is 0 Å². The van der Waals surface area contributed by atoms with Gasteiger partial charge in [-0.15, -0.1) is 0 Å². The minimum Gasteiger partial charge on any atom is -0.434 e. The lowest BCUT2D eigenvalue weighted by Gasteiger charge is -2.12. The topological polar surface area (TPSA) is 38.3 Å². The lowest BCUT2D eigenvalue weighted by Crippen LogP contribution is -2.07. The molecule has 0 spiro atoms. The largest absolute Gasteiger partial charge is 0.434 e. The van der Waals surface area contributed by atoms with Gasteiger partial charge in [-0.25, -0.2) is 0 Å². The zero-order chi connectivity index (χ0) is 15.9. The van der Waals surface area contributed by atoms with Crippen molar-refractivity contribution in [3.05, 3.63) is 59.7 Å². The molecule has 2 aromatic rings. The zero-order valence-electron chi connectivity index (χ0n) is 12.1. The van der Waals surface area contributed by atoms with Crippen LogP contribution in [-0.4, -0.2) is 17.1 Å². The van der Waals surface area contributed by atoms with Gasteiger partial charge in [-0.1, -0.05) is 30.3 Å². The van der Waals surface area contributed by atoms with Gasteiger partial charge in [0.05, 0.1) is 0 Å². The monoisotopic (exact) mass is 325 g/mol. The van der Waals surface area contributed by atoms with Gasteiger partial charge < -0.3 is 10.1 Å². The fraction of sp³-hybridized carbons (Fsp3) is 0.250. The van der Waals surface area contributed by atoms with E-state index in [1.807, 2.05) is 24.3 Å². The summed E-state index contributed by atoms with van der Waals surface area (Å²) in [4.78, 5) is 0. The van der Waals surface area contributed by atoms with Gasteiger partial charge in [0.15, 0.2) is 0 Å². The molecule has 0 fully saturated rings. The molecular formula is C16H17F2NO2S. The number of halogens is 2. The van der Waals surface area contributed by atoms with Gasteiger partial charge in [0.25, 0.3) is 0 Å². The quantitative estimate of drug-likeness (QED) is 0.842. The average Bonchev–Trinajstić information content (AvgIpc) is 2.45. The summed E-state index contributed by atoms with van der Waals surface area (Å²) < 4.78 is 40.5. The second-order valence-corrected chi connectivity index (χ2v) is 6.19. The highest BCUT2D eigenvalue weighted by molar-refractivity contribution is 7.83. The standard InChI is InChI=1S/C16H17F2NO2S/c1-22(20)11-12-5-4-7-14(9-12)19-10-13-6-2-3-8-15(13)21-16(17)18/h2-9,16,19H,10-11H2,1H3. The number of hydrogen-bond acceptors (Lipinski definition) is 3. The Hall–Kier alpha value is -1.95. The lowest BCUT2D eigenvalue weighted by molar-refractivity contribution is -0.0504. The molecule has 0 aromatic heterocycles. The molecular weight excluding hydrogens is 308 g/mol. The highest BCUT2D eigenvalue weighted by Crippen LogP contribution is 2.22. The van der Waals surface area contributed by atoms with E-state index in [0.717, 1.165) is 11.3 Å². The minimum absolute atomic E-state index is 0.163. The molecule has 1 atom stereocenters. The molecule has 0 radical (unpaired) electrons. The van der Waals surface area contributed by atoms with E-state index in [-0.39, 0.29) is 5.75 Å². The molecule has 0 amide bonds. The molecule has 0 saturated carbocycles. The van der Waals surface area contributed by atoms with Gasteiger partial charge in [0, 0.05) is 40.6 Å². The minimum atomic E-state index is -2.84. The van der Waals surface area contributed by atoms with Crippen molar-refractivity contribution < 1.29 is 17.7 Å². The Balaban J connectivity index is 2.05. The number of alkyl halides is 2. The molecule has 3 nitrogen and oxygen atoms in total. The van der Waals surface area contributed by atoms with E-state index in [0.29, 0.717) is 17.9 Å². The number of rotatable bonds is 7. The SMILES string of the molecule is CS(=O)Cc1cccc(NCc2ccccc2OC(F)F)c1. The summed E-state index contributed by atoms with van der Waals surface area (Å²) in [5.41, 5.74) is 2.45. The molecule has 118 valence electrons. The molecule has 0 saturated heterocycles. The summed E-state index contributed by atoms with van der Waals surface area (Å²) in [5.74, 6) is 0.649. The van der Waals surface area contributed by atoms with E-state index < -0.39 is 17.4 Å². The molecule has 1 unspecified atom stereocenters. The molecule has 22 heavy (non-hydrogen) atoms. The van der Waals surface area contributed by atoms with E-state index in [9.17, 15) is 13.0 Å². The number of nitrogens with one attached hydrogen (secondary N) is 1. The van der Waals surface area contributed by atoms with Crippen LogP contribution in [0.15, 0.2) is 48.5 Å². The Kier molecular flexibility index (Phi) is 5.89. The zero-order valence-corrected chi connectivity index (χ0v) is 12.9. The van der Waals surface area contributed by atoms with Crippen LogP contribution in [0.1, 0.15) is 11.1 Å². The number of anilines is 1.